The average Bonchev–Trinajstić information content (AvgIpc) is 2.96. The van der Waals surface area contributed by atoms with Crippen molar-refractivity contribution >= 4 is 29.2 Å². The Morgan fingerprint density at radius 2 is 1.69 bits per heavy atom. The van der Waals surface area contributed by atoms with E-state index in [9.17, 15) is 9.59 Å². The number of hydrogen-bond donors (Lipinski definition) is 1. The molecular formula is C19H22ClN3O3. The topological polar surface area (TPSA) is 65.8 Å². The molecule has 1 N–H and O–H groups in total. The molecule has 26 heavy (non-hydrogen) atoms. The van der Waals surface area contributed by atoms with Crippen molar-refractivity contribution in [2.75, 3.05) is 31.5 Å². The van der Waals surface area contributed by atoms with Gasteiger partial charge in [-0.05, 0) is 44.5 Å². The number of furan rings is 1. The fourth-order valence-electron chi connectivity index (χ4n) is 3.00. The molecule has 3 amide bonds. The Kier molecular flexibility index (Phi) is 5.23. The molecule has 0 bridgehead atoms. The summed E-state index contributed by atoms with van der Waals surface area (Å²) >= 11 is 6.09. The van der Waals surface area contributed by atoms with Crippen LogP contribution in [0.1, 0.15) is 27.4 Å². The second kappa shape index (κ2) is 7.41. The molecule has 0 atom stereocenters. The van der Waals surface area contributed by atoms with Crippen molar-refractivity contribution in [3.05, 3.63) is 51.9 Å². The number of nitrogens with one attached hydrogen (secondary N) is 1. The van der Waals surface area contributed by atoms with Gasteiger partial charge in [-0.1, -0.05) is 17.7 Å². The highest BCUT2D eigenvalue weighted by Crippen LogP contribution is 2.21. The lowest BCUT2D eigenvalue weighted by Gasteiger charge is -2.34. The molecule has 1 aromatic heterocycles. The highest BCUT2D eigenvalue weighted by atomic mass is 35.5. The summed E-state index contributed by atoms with van der Waals surface area (Å²) in [4.78, 5) is 28.5. The number of rotatable bonds is 2. The van der Waals surface area contributed by atoms with Crippen molar-refractivity contribution < 1.29 is 14.0 Å². The first-order chi connectivity index (χ1) is 12.3. The van der Waals surface area contributed by atoms with Crippen LogP contribution >= 0.6 is 11.6 Å². The first-order valence-corrected chi connectivity index (χ1v) is 8.91. The third kappa shape index (κ3) is 3.85. The number of amides is 3. The van der Waals surface area contributed by atoms with Crippen LogP contribution in [-0.4, -0.2) is 47.9 Å². The summed E-state index contributed by atoms with van der Waals surface area (Å²) < 4.78 is 5.44. The maximum atomic E-state index is 12.6. The third-order valence-electron chi connectivity index (χ3n) is 4.55. The number of carbonyl (C=O) groups is 2. The molecule has 0 aliphatic carbocycles. The van der Waals surface area contributed by atoms with E-state index < -0.39 is 0 Å². The molecule has 1 fully saturated rings. The Bertz CT molecular complexity index is 839. The number of benzene rings is 1. The second-order valence-electron chi connectivity index (χ2n) is 6.50. The highest BCUT2D eigenvalue weighted by molar-refractivity contribution is 6.31. The van der Waals surface area contributed by atoms with Gasteiger partial charge in [0.15, 0.2) is 0 Å². The van der Waals surface area contributed by atoms with Gasteiger partial charge in [-0.3, -0.25) is 4.79 Å². The molecule has 2 aromatic rings. The summed E-state index contributed by atoms with van der Waals surface area (Å²) in [5.41, 5.74) is 2.21. The van der Waals surface area contributed by atoms with Crippen LogP contribution in [0.25, 0.3) is 0 Å². The van der Waals surface area contributed by atoms with E-state index in [0.717, 1.165) is 11.3 Å². The molecule has 1 saturated heterocycles. The Labute approximate surface area is 157 Å². The Morgan fingerprint density at radius 3 is 2.27 bits per heavy atom. The zero-order valence-electron chi connectivity index (χ0n) is 15.1. The zero-order chi connectivity index (χ0) is 18.8. The van der Waals surface area contributed by atoms with Crippen LogP contribution in [0.3, 0.4) is 0 Å². The maximum absolute atomic E-state index is 12.6. The van der Waals surface area contributed by atoms with E-state index in [2.05, 4.69) is 5.32 Å². The van der Waals surface area contributed by atoms with Crippen molar-refractivity contribution in [1.29, 1.82) is 0 Å². The molecule has 7 heteroatoms. The average molecular weight is 376 g/mol. The summed E-state index contributed by atoms with van der Waals surface area (Å²) in [6.07, 6.45) is 0. The summed E-state index contributed by atoms with van der Waals surface area (Å²) in [7, 11) is 0. The molecule has 3 rings (SSSR count). The number of anilines is 1. The van der Waals surface area contributed by atoms with Crippen LogP contribution in [0.2, 0.25) is 5.02 Å². The van der Waals surface area contributed by atoms with Crippen LogP contribution in [0.4, 0.5) is 10.5 Å². The molecule has 1 aromatic carbocycles. The van der Waals surface area contributed by atoms with Crippen LogP contribution in [0.15, 0.2) is 28.7 Å². The van der Waals surface area contributed by atoms with Crippen molar-refractivity contribution in [1.82, 2.24) is 9.80 Å². The first kappa shape index (κ1) is 18.3. The zero-order valence-corrected chi connectivity index (χ0v) is 15.9. The predicted octanol–water partition coefficient (Wildman–Crippen LogP) is 3.85. The monoisotopic (exact) mass is 375 g/mol. The number of carbonyl (C=O) groups excluding carboxylic acids is 2. The lowest BCUT2D eigenvalue weighted by atomic mass is 10.2. The lowest BCUT2D eigenvalue weighted by molar-refractivity contribution is 0.0670. The summed E-state index contributed by atoms with van der Waals surface area (Å²) in [6, 6.07) is 7.00. The molecular weight excluding hydrogens is 354 g/mol. The van der Waals surface area contributed by atoms with E-state index in [0.29, 0.717) is 48.2 Å². The number of urea groups is 1. The second-order valence-corrected chi connectivity index (χ2v) is 6.91. The van der Waals surface area contributed by atoms with Gasteiger partial charge in [0.1, 0.15) is 11.5 Å². The van der Waals surface area contributed by atoms with Gasteiger partial charge >= 0.3 is 6.03 Å². The molecule has 1 aliphatic heterocycles. The molecule has 0 spiro atoms. The molecule has 0 radical (unpaired) electrons. The van der Waals surface area contributed by atoms with Crippen molar-refractivity contribution in [3.8, 4) is 0 Å². The molecule has 1 aliphatic rings. The van der Waals surface area contributed by atoms with Gasteiger partial charge in [-0.2, -0.15) is 0 Å². The SMILES string of the molecule is Cc1cc(C(=O)N2CCN(C(=O)Nc3ccc(C)c(Cl)c3)CC2)c(C)o1. The number of piperazine rings is 1. The Balaban J connectivity index is 1.57. The van der Waals surface area contributed by atoms with Crippen molar-refractivity contribution in [2.45, 2.75) is 20.8 Å². The number of halogens is 1. The van der Waals surface area contributed by atoms with Crippen LogP contribution in [-0.2, 0) is 0 Å². The van der Waals surface area contributed by atoms with Gasteiger partial charge in [-0.25, -0.2) is 4.79 Å². The van der Waals surface area contributed by atoms with E-state index in [1.54, 1.807) is 28.9 Å². The van der Waals surface area contributed by atoms with E-state index >= 15 is 0 Å². The summed E-state index contributed by atoms with van der Waals surface area (Å²) in [5.74, 6) is 1.30. The third-order valence-corrected chi connectivity index (χ3v) is 4.96. The molecule has 0 saturated carbocycles. The number of hydrogen-bond acceptors (Lipinski definition) is 3. The minimum absolute atomic E-state index is 0.0512. The van der Waals surface area contributed by atoms with Crippen LogP contribution in [0, 0.1) is 20.8 Å². The van der Waals surface area contributed by atoms with Crippen LogP contribution < -0.4 is 5.32 Å². The van der Waals surface area contributed by atoms with Gasteiger partial charge in [0, 0.05) is 36.9 Å². The molecule has 2 heterocycles. The van der Waals surface area contributed by atoms with Crippen molar-refractivity contribution in [2.24, 2.45) is 0 Å². The van der Waals surface area contributed by atoms with Gasteiger partial charge in [0.25, 0.3) is 5.91 Å². The predicted molar refractivity (Wildman–Crippen MR) is 101 cm³/mol. The van der Waals surface area contributed by atoms with E-state index in [-0.39, 0.29) is 11.9 Å². The molecule has 6 nitrogen and oxygen atoms in total. The Hall–Kier alpha value is -2.47. The fourth-order valence-corrected chi connectivity index (χ4v) is 3.18. The fraction of sp³-hybridized carbons (Fsp3) is 0.368. The van der Waals surface area contributed by atoms with E-state index in [1.165, 1.54) is 0 Å². The molecule has 138 valence electrons. The Morgan fingerprint density at radius 1 is 1.04 bits per heavy atom. The lowest BCUT2D eigenvalue weighted by Crippen LogP contribution is -2.51. The largest absolute Gasteiger partial charge is 0.466 e. The van der Waals surface area contributed by atoms with Gasteiger partial charge < -0.3 is 19.5 Å². The summed E-state index contributed by atoms with van der Waals surface area (Å²) in [5, 5.41) is 3.47. The number of aryl methyl sites for hydroxylation is 3. The van der Waals surface area contributed by atoms with Gasteiger partial charge in [0.05, 0.1) is 5.56 Å². The normalized spacial score (nSPS) is 14.5. The summed E-state index contributed by atoms with van der Waals surface area (Å²) in [6.45, 7) is 7.46. The minimum Gasteiger partial charge on any atom is -0.466 e. The van der Waals surface area contributed by atoms with Crippen LogP contribution in [0.5, 0.6) is 0 Å². The smallest absolute Gasteiger partial charge is 0.321 e. The molecule has 0 unspecified atom stereocenters. The highest BCUT2D eigenvalue weighted by Gasteiger charge is 2.26. The van der Waals surface area contributed by atoms with E-state index in [4.69, 9.17) is 16.0 Å². The number of nitrogens with zero attached hydrogens (tertiary/aromatic N) is 2. The first-order valence-electron chi connectivity index (χ1n) is 8.53. The van der Waals surface area contributed by atoms with Gasteiger partial charge in [0.2, 0.25) is 0 Å². The standard InChI is InChI=1S/C19H22ClN3O3/c1-12-4-5-15(11-17(12)20)21-19(25)23-8-6-22(7-9-23)18(24)16-10-13(2)26-14(16)3/h4-5,10-11H,6-9H2,1-3H3,(H,21,25). The maximum Gasteiger partial charge on any atom is 0.321 e. The van der Waals surface area contributed by atoms with Gasteiger partial charge in [-0.15, -0.1) is 0 Å². The minimum atomic E-state index is -0.188. The van der Waals surface area contributed by atoms with Crippen molar-refractivity contribution in [3.63, 3.8) is 0 Å². The quantitative estimate of drug-likeness (QED) is 0.867. The van der Waals surface area contributed by atoms with E-state index in [1.807, 2.05) is 26.0 Å².